The largest absolute Gasteiger partial charge is 0.524 e. The van der Waals surface area contributed by atoms with E-state index in [0.29, 0.717) is 0 Å². The molecule has 2 nitrogen and oxygen atoms in total. The fourth-order valence-electron chi connectivity index (χ4n) is 0.291. The molecular weight excluding hydrogens is 444 g/mol. The Balaban J connectivity index is -0.0000000612. The van der Waals surface area contributed by atoms with Crippen LogP contribution in [0.5, 0.6) is 0 Å². The first-order valence-corrected chi connectivity index (χ1v) is 1.97. The first-order chi connectivity index (χ1) is 3.39. The normalized spacial score (nSPS) is 5.55. The Morgan fingerprint density at radius 3 is 1.91 bits per heavy atom. The standard InChI is InChI=1S/C5H4N2.4Y/c1-5-2-3-6-4-7-5;;;;/h2H,1H3;;;;/q-2;;;;. The number of aromatic nitrogens is 2. The van der Waals surface area contributed by atoms with Crippen LogP contribution in [-0.4, -0.2) is 9.97 Å². The minimum atomic E-state index is 0. The second kappa shape index (κ2) is 15.9. The zero-order chi connectivity index (χ0) is 5.11. The molecule has 1 rings (SSSR count). The fraction of sp³-hybridized carbons (Fsp3) is 0.200. The fourth-order valence-corrected chi connectivity index (χ4v) is 0.291. The summed E-state index contributed by atoms with van der Waals surface area (Å²) in [6.07, 6.45) is 5.00. The van der Waals surface area contributed by atoms with Gasteiger partial charge in [-0.15, -0.1) is 6.92 Å². The number of hydrogen-bond acceptors (Lipinski definition) is 2. The van der Waals surface area contributed by atoms with Gasteiger partial charge in [0.2, 0.25) is 0 Å². The van der Waals surface area contributed by atoms with E-state index < -0.39 is 0 Å². The van der Waals surface area contributed by atoms with Gasteiger partial charge in [-0.2, -0.15) is 12.0 Å². The number of nitrogens with zero attached hydrogens (tertiary/aromatic N) is 2. The van der Waals surface area contributed by atoms with Gasteiger partial charge in [0.15, 0.2) is 0 Å². The van der Waals surface area contributed by atoms with Gasteiger partial charge in [-0.1, -0.05) is 0 Å². The molecular formula is C5H4N2Y4-2. The van der Waals surface area contributed by atoms with E-state index in [1.165, 1.54) is 0 Å². The van der Waals surface area contributed by atoms with Crippen molar-refractivity contribution in [1.82, 2.24) is 9.97 Å². The molecule has 0 saturated heterocycles. The molecule has 11 heavy (non-hydrogen) atoms. The van der Waals surface area contributed by atoms with Crippen molar-refractivity contribution in [2.45, 2.75) is 6.92 Å². The van der Waals surface area contributed by atoms with E-state index in [1.807, 2.05) is 6.92 Å². The van der Waals surface area contributed by atoms with Gasteiger partial charge < -0.3 is 9.97 Å². The first-order valence-electron chi connectivity index (χ1n) is 1.97. The number of hydrogen-bond donors (Lipinski definition) is 0. The van der Waals surface area contributed by atoms with Gasteiger partial charge >= 0.3 is 0 Å². The maximum atomic E-state index is 3.71. The summed E-state index contributed by atoms with van der Waals surface area (Å²) < 4.78 is 0. The molecule has 0 N–H and O–H groups in total. The summed E-state index contributed by atoms with van der Waals surface area (Å²) in [5.41, 5.74) is 0.898. The average Bonchev–Trinajstić information content (AvgIpc) is 1.69. The van der Waals surface area contributed by atoms with Crippen LogP contribution in [0, 0.1) is 19.4 Å². The van der Waals surface area contributed by atoms with Crippen molar-refractivity contribution in [3.63, 3.8) is 0 Å². The molecule has 4 radical (unpaired) electrons. The van der Waals surface area contributed by atoms with Crippen molar-refractivity contribution in [1.29, 1.82) is 0 Å². The van der Waals surface area contributed by atoms with Gasteiger partial charge in [-0.3, -0.25) is 12.3 Å². The van der Waals surface area contributed by atoms with Crippen LogP contribution in [-0.2, 0) is 131 Å². The number of aryl methyl sites for hydroxylation is 1. The van der Waals surface area contributed by atoms with Gasteiger partial charge in [-0.25, -0.2) is 0 Å². The Bertz CT molecular complexity index is 146. The van der Waals surface area contributed by atoms with Gasteiger partial charge in [0.1, 0.15) is 0 Å². The molecule has 0 aliphatic carbocycles. The smallest absolute Gasteiger partial charge is 0 e. The predicted octanol–water partition coefficient (Wildman–Crippen LogP) is 0.375. The molecule has 0 atom stereocenters. The summed E-state index contributed by atoms with van der Waals surface area (Å²) >= 11 is 0. The van der Waals surface area contributed by atoms with Crippen LogP contribution in [0.2, 0.25) is 0 Å². The van der Waals surface area contributed by atoms with Crippen LogP contribution in [0.3, 0.4) is 0 Å². The summed E-state index contributed by atoms with van der Waals surface area (Å²) in [7, 11) is 0. The zero-order valence-corrected chi connectivity index (χ0v) is 17.6. The van der Waals surface area contributed by atoms with Crippen LogP contribution in [0.25, 0.3) is 0 Å². The SMILES string of the molecule is Cc1c[c-]n[c-]n1.[Y].[Y].[Y].[Y]. The Morgan fingerprint density at radius 2 is 1.73 bits per heavy atom. The summed E-state index contributed by atoms with van der Waals surface area (Å²) in [5.74, 6) is 0. The molecule has 0 aromatic carbocycles. The summed E-state index contributed by atoms with van der Waals surface area (Å²) in [6.45, 7) is 1.87. The van der Waals surface area contributed by atoms with E-state index in [4.69, 9.17) is 0 Å². The summed E-state index contributed by atoms with van der Waals surface area (Å²) in [5, 5.41) is 0. The third-order valence-electron chi connectivity index (χ3n) is 0.614. The zero-order valence-electron chi connectivity index (χ0n) is 6.28. The van der Waals surface area contributed by atoms with E-state index in [1.54, 1.807) is 6.07 Å². The van der Waals surface area contributed by atoms with Crippen LogP contribution in [0.4, 0.5) is 0 Å². The maximum absolute atomic E-state index is 3.71. The van der Waals surface area contributed by atoms with Crippen molar-refractivity contribution < 1.29 is 131 Å². The van der Waals surface area contributed by atoms with E-state index in [0.717, 1.165) is 5.69 Å². The van der Waals surface area contributed by atoms with Gasteiger partial charge in [0.25, 0.3) is 0 Å². The van der Waals surface area contributed by atoms with Gasteiger partial charge in [0, 0.05) is 131 Å². The van der Waals surface area contributed by atoms with Crippen LogP contribution in [0.15, 0.2) is 6.07 Å². The third kappa shape index (κ3) is 13.5. The molecule has 0 saturated carbocycles. The second-order valence-corrected chi connectivity index (χ2v) is 1.24. The molecule has 0 spiro atoms. The Morgan fingerprint density at radius 1 is 1.18 bits per heavy atom. The third-order valence-corrected chi connectivity index (χ3v) is 0.614. The monoisotopic (exact) mass is 448 g/mol. The van der Waals surface area contributed by atoms with Gasteiger partial charge in [-0.05, 0) is 0 Å². The molecule has 1 aromatic rings. The molecule has 0 aliphatic rings. The molecule has 0 aliphatic heterocycles. The van der Waals surface area contributed by atoms with Crippen LogP contribution < -0.4 is 0 Å². The quantitative estimate of drug-likeness (QED) is 0.538. The van der Waals surface area contributed by atoms with Crippen molar-refractivity contribution in [3.8, 4) is 0 Å². The second-order valence-electron chi connectivity index (χ2n) is 1.24. The molecule has 1 heterocycles. The van der Waals surface area contributed by atoms with Crippen LogP contribution in [0.1, 0.15) is 5.69 Å². The average molecular weight is 448 g/mol. The van der Waals surface area contributed by atoms with E-state index in [2.05, 4.69) is 22.5 Å². The van der Waals surface area contributed by atoms with Crippen molar-refractivity contribution in [2.75, 3.05) is 0 Å². The molecule has 48 valence electrons. The first kappa shape index (κ1) is 24.0. The summed E-state index contributed by atoms with van der Waals surface area (Å²) in [4.78, 5) is 7.20. The van der Waals surface area contributed by atoms with Crippen molar-refractivity contribution >= 4 is 0 Å². The summed E-state index contributed by atoms with van der Waals surface area (Å²) in [6, 6.07) is 1.70. The molecule has 0 fully saturated rings. The topological polar surface area (TPSA) is 25.8 Å². The van der Waals surface area contributed by atoms with Gasteiger partial charge in [0.05, 0.1) is 0 Å². The molecule has 6 heteroatoms. The maximum Gasteiger partial charge on any atom is 0 e. The minimum absolute atomic E-state index is 0. The van der Waals surface area contributed by atoms with Crippen molar-refractivity contribution in [2.24, 2.45) is 0 Å². The Kier molecular flexibility index (Phi) is 34.7. The van der Waals surface area contributed by atoms with Crippen LogP contribution >= 0.6 is 0 Å². The van der Waals surface area contributed by atoms with Crippen molar-refractivity contribution in [3.05, 3.63) is 24.3 Å². The number of rotatable bonds is 0. The molecule has 0 amide bonds. The molecule has 1 aromatic heterocycles. The predicted molar refractivity (Wildman–Crippen MR) is 24.4 cm³/mol. The van der Waals surface area contributed by atoms with E-state index >= 15 is 0 Å². The van der Waals surface area contributed by atoms with E-state index in [-0.39, 0.29) is 131 Å². The molecule has 0 unspecified atom stereocenters. The molecule has 0 bridgehead atoms. The Hall–Kier alpha value is 3.50. The Labute approximate surface area is 168 Å². The minimum Gasteiger partial charge on any atom is -0.524 e. The van der Waals surface area contributed by atoms with E-state index in [9.17, 15) is 0 Å².